The van der Waals surface area contributed by atoms with Gasteiger partial charge in [-0.25, -0.2) is 0 Å². The van der Waals surface area contributed by atoms with Gasteiger partial charge in [-0.3, -0.25) is 0 Å². The van der Waals surface area contributed by atoms with E-state index in [0.717, 1.165) is 196 Å². The minimum Gasteiger partial charge on any atom is -0.507 e. The van der Waals surface area contributed by atoms with Gasteiger partial charge in [0.05, 0.1) is 0 Å². The molecule has 6 aromatic carbocycles. The minimum absolute atomic E-state index is 0. The molecule has 18 nitrogen and oxygen atoms in total. The summed E-state index contributed by atoms with van der Waals surface area (Å²) in [4.78, 5) is 0. The quantitative estimate of drug-likeness (QED) is 0.0578. The molecular weight excluding hydrogens is 1890 g/mol. The predicted molar refractivity (Wildman–Crippen MR) is 534 cm³/mol. The molecule has 12 bridgehead atoms. The van der Waals surface area contributed by atoms with Crippen LogP contribution in [0.1, 0.15) is 330 Å². The molecule has 0 aromatic heterocycles. The van der Waals surface area contributed by atoms with E-state index in [0.29, 0.717) is 137 Å². The molecule has 0 fully saturated rings. The summed E-state index contributed by atoms with van der Waals surface area (Å²) in [5.74, 6) is 2.46. The molecule has 130 heavy (non-hydrogen) atoms. The van der Waals surface area contributed by atoms with Gasteiger partial charge >= 0.3 is 98.9 Å². The molecule has 9 rings (SSSR count). The fourth-order valence-corrected chi connectivity index (χ4v) is 15.5. The monoisotopic (exact) mass is 2070 g/mol. The van der Waals surface area contributed by atoms with Gasteiger partial charge in [-0.1, -0.05) is 225 Å². The van der Waals surface area contributed by atoms with Crippen molar-refractivity contribution < 1.29 is 130 Å². The van der Waals surface area contributed by atoms with Gasteiger partial charge in [0.2, 0.25) is 0 Å². The van der Waals surface area contributed by atoms with E-state index in [2.05, 4.69) is 289 Å². The van der Waals surface area contributed by atoms with Crippen molar-refractivity contribution in [2.45, 2.75) is 365 Å². The average molecular weight is 2070 g/mol. The number of hydrogen-bond donors (Lipinski definition) is 18. The number of phenols is 6. The number of aromatic hydroxyl groups is 6. The number of hydrogen-bond acceptors (Lipinski definition) is 18. The Morgan fingerprint density at radius 2 is 0.323 bits per heavy atom. The molecule has 18 N–H and O–H groups in total. The zero-order chi connectivity index (χ0) is 86.8. The van der Waals surface area contributed by atoms with Crippen LogP contribution in [0.25, 0.3) is 0 Å². The standard InChI is InChI=1S/2C34H56N4O2.C32H52N4O2.6CH3.6Ni/c2*1-9-29-11-13-35-19-23-15-28(34(6,7)8)18-26(32(23)40)22-38-30(10-2)12-14-36-20-24-16-27(33(3,4)5)17-25(21-37-29)31(24)39;1-31(2,3)27-15-23-19-33-11-7-9-13-35-21-25-17-28(32(4,5)6)18-26(30(25)38)22-36-14-10-8-12-34-20-24(16-27)29(23)37;;;;;;;;;;;;/h2*15-18,29-30,35-40H,9-14,19-22H2,1-8H3;15-18,33-38H,7-14,19-22H2,1-6H3;6*1H3;;;;;;/q;;;6*-1;6*+3. The Labute approximate surface area is 855 Å². The summed E-state index contributed by atoms with van der Waals surface area (Å²) in [5.41, 5.74) is 19.2. The molecule has 0 spiro atoms. The summed E-state index contributed by atoms with van der Waals surface area (Å²) in [6.45, 7) is 63.7. The summed E-state index contributed by atoms with van der Waals surface area (Å²) in [6, 6.07) is 27.3. The van der Waals surface area contributed by atoms with Crippen LogP contribution in [0.3, 0.4) is 0 Å². The van der Waals surface area contributed by atoms with E-state index in [1.165, 1.54) is 33.4 Å². The smallest absolute Gasteiger partial charge is 0.507 e. The van der Waals surface area contributed by atoms with Crippen molar-refractivity contribution in [3.05, 3.63) is 217 Å². The molecule has 750 valence electrons. The summed E-state index contributed by atoms with van der Waals surface area (Å²) in [5, 5.41) is 110. The summed E-state index contributed by atoms with van der Waals surface area (Å²) < 4.78 is 0. The van der Waals surface area contributed by atoms with Gasteiger partial charge in [0.15, 0.2) is 0 Å². The number of rotatable bonds is 4. The van der Waals surface area contributed by atoms with Crippen molar-refractivity contribution in [1.82, 2.24) is 63.8 Å². The van der Waals surface area contributed by atoms with Crippen molar-refractivity contribution in [3.8, 4) is 34.5 Å². The summed E-state index contributed by atoms with van der Waals surface area (Å²) in [6.07, 6.45) is 12.1. The number of nitrogens with one attached hydrogen (secondary N) is 12. The van der Waals surface area contributed by atoms with Gasteiger partial charge in [-0.2, -0.15) is 0 Å². The Morgan fingerprint density at radius 3 is 0.438 bits per heavy atom. The summed E-state index contributed by atoms with van der Waals surface area (Å²) >= 11 is 0. The van der Waals surface area contributed by atoms with Crippen LogP contribution in [0.5, 0.6) is 34.5 Å². The van der Waals surface area contributed by atoms with Gasteiger partial charge in [-0.05, 0) is 195 Å². The molecule has 3 aliphatic heterocycles. The molecule has 0 saturated heterocycles. The fourth-order valence-electron chi connectivity index (χ4n) is 15.5. The van der Waals surface area contributed by atoms with Crippen LogP contribution in [0.2, 0.25) is 0 Å². The van der Waals surface area contributed by atoms with E-state index in [1.54, 1.807) is 0 Å². The Morgan fingerprint density at radius 1 is 0.208 bits per heavy atom. The fraction of sp³-hybridized carbons (Fsp3) is 0.604. The number of phenolic OH excluding ortho intramolecular Hbond substituents is 6. The number of fused-ring (bicyclic) bond motifs is 12. The molecule has 6 radical (unpaired) electrons. The van der Waals surface area contributed by atoms with Crippen LogP contribution in [-0.4, -0.2) is 107 Å². The van der Waals surface area contributed by atoms with Crippen molar-refractivity contribution in [2.75, 3.05) is 52.4 Å². The van der Waals surface area contributed by atoms with Crippen LogP contribution in [0, 0.1) is 44.6 Å². The third-order valence-corrected chi connectivity index (χ3v) is 24.2. The molecule has 4 atom stereocenters. The van der Waals surface area contributed by atoms with Gasteiger partial charge in [0.25, 0.3) is 0 Å². The van der Waals surface area contributed by atoms with Gasteiger partial charge < -0.3 is 139 Å². The molecule has 4 unspecified atom stereocenters. The average Bonchev–Trinajstić information content (AvgIpc) is 0.837. The van der Waals surface area contributed by atoms with Crippen molar-refractivity contribution in [1.29, 1.82) is 0 Å². The zero-order valence-electron chi connectivity index (χ0n) is 85.4. The van der Waals surface area contributed by atoms with E-state index < -0.39 is 0 Å². The molecule has 6 aromatic rings. The number of benzene rings is 6. The first kappa shape index (κ1) is 137. The van der Waals surface area contributed by atoms with Crippen LogP contribution in [0.15, 0.2) is 72.8 Å². The Balaban J connectivity index is -0.000000424. The SMILES string of the molecule is CC(C)(C)c1cc2c(O)c(c1)CNCCCCNCc1cc(C(C)(C)C)cc(c1O)CNCCCCNC2.CCC1CCNCc2cc(C(C)(C)C)cc(c2O)CNC(CC)CCNCc2cc(C(C)(C)C)cc(c2O)CN1.CCC1CCNCc2cc(C(C)(C)C)cc(c2O)CNC(CC)CCNCc2cc(C(C)(C)C)cc(c2O)CN1.[CH3-].[CH3-].[CH3-].[CH3-].[CH3-].[CH3-].[Ni+3].[Ni+3].[Ni+3].[Ni+3].[Ni+3].[Ni+3]. The van der Waals surface area contributed by atoms with Gasteiger partial charge in [-0.15, -0.1) is 0 Å². The van der Waals surface area contributed by atoms with Crippen molar-refractivity contribution in [3.63, 3.8) is 0 Å². The van der Waals surface area contributed by atoms with E-state index in [4.69, 9.17) is 0 Å². The molecule has 0 amide bonds. The first-order chi connectivity index (χ1) is 55.6. The second kappa shape index (κ2) is 65.5. The first-order valence-corrected chi connectivity index (χ1v) is 45.3. The van der Waals surface area contributed by atoms with Crippen LogP contribution in [-0.2, 0) is 210 Å². The van der Waals surface area contributed by atoms with Crippen molar-refractivity contribution >= 4 is 0 Å². The Kier molecular flexibility index (Phi) is 69.1. The maximum atomic E-state index is 11.2. The second-order valence-corrected chi connectivity index (χ2v) is 40.3. The molecule has 3 aliphatic rings. The molecule has 3 heterocycles. The minimum atomic E-state index is 0. The topological polar surface area (TPSA) is 266 Å². The Bertz CT molecular complexity index is 3600. The molecule has 24 heteroatoms. The maximum Gasteiger partial charge on any atom is 3.00 e. The normalized spacial score (nSPS) is 18.0. The van der Waals surface area contributed by atoms with E-state index in [9.17, 15) is 30.6 Å². The first-order valence-electron chi connectivity index (χ1n) is 45.3. The third kappa shape index (κ3) is 44.6. The van der Waals surface area contributed by atoms with Crippen LogP contribution >= 0.6 is 0 Å². The maximum absolute atomic E-state index is 11.2. The third-order valence-electron chi connectivity index (χ3n) is 24.2. The van der Waals surface area contributed by atoms with E-state index >= 15 is 0 Å². The van der Waals surface area contributed by atoms with E-state index in [-0.39, 0.29) is 176 Å². The summed E-state index contributed by atoms with van der Waals surface area (Å²) in [7, 11) is 0. The largest absolute Gasteiger partial charge is 3.00 e. The molecule has 0 aliphatic carbocycles. The van der Waals surface area contributed by atoms with E-state index in [1.807, 2.05) is 0 Å². The van der Waals surface area contributed by atoms with Crippen molar-refractivity contribution in [2.24, 2.45) is 0 Å². The second-order valence-electron chi connectivity index (χ2n) is 40.3. The van der Waals surface area contributed by atoms with Gasteiger partial charge in [0.1, 0.15) is 34.5 Å². The molecular formula is C106H182N12Ni6O6+12. The van der Waals surface area contributed by atoms with Crippen LogP contribution in [0.4, 0.5) is 0 Å². The molecule has 0 saturated carbocycles. The van der Waals surface area contributed by atoms with Crippen LogP contribution < -0.4 is 63.8 Å². The Hall–Kier alpha value is -3.40. The van der Waals surface area contributed by atoms with Gasteiger partial charge in [0, 0.05) is 169 Å². The zero-order valence-corrected chi connectivity index (χ0v) is 91.4. The predicted octanol–water partition coefficient (Wildman–Crippen LogP) is 20.2.